The first-order chi connectivity index (χ1) is 9.99. The molecule has 1 aliphatic rings. The molecule has 0 unspecified atom stereocenters. The summed E-state index contributed by atoms with van der Waals surface area (Å²) in [4.78, 5) is 23.5. The van der Waals surface area contributed by atoms with Crippen molar-refractivity contribution in [3.63, 3.8) is 0 Å². The summed E-state index contributed by atoms with van der Waals surface area (Å²) in [5.74, 6) is -0.355. The number of hydrogen-bond acceptors (Lipinski definition) is 2. The van der Waals surface area contributed by atoms with Crippen molar-refractivity contribution in [1.29, 1.82) is 0 Å². The first-order valence-corrected chi connectivity index (χ1v) is 7.40. The van der Waals surface area contributed by atoms with Gasteiger partial charge in [0.15, 0.2) is 0 Å². The Morgan fingerprint density at radius 1 is 1.32 bits per heavy atom. The van der Waals surface area contributed by atoms with E-state index in [1.165, 1.54) is 0 Å². The number of hydrogen-bond donors (Lipinski definition) is 3. The van der Waals surface area contributed by atoms with Crippen LogP contribution in [0.15, 0.2) is 0 Å². The number of carbonyl (C=O) groups excluding carboxylic acids is 2. The highest BCUT2D eigenvalue weighted by atomic mass is 19.4. The smallest absolute Gasteiger partial charge is 0.354 e. The lowest BCUT2D eigenvalue weighted by Gasteiger charge is -2.29. The summed E-state index contributed by atoms with van der Waals surface area (Å²) in [6.45, 7) is 5.53. The third kappa shape index (κ3) is 6.53. The lowest BCUT2D eigenvalue weighted by Crippen LogP contribution is -2.55. The lowest BCUT2D eigenvalue weighted by molar-refractivity contribution is -0.159. The zero-order valence-electron chi connectivity index (χ0n) is 13.1. The number of amides is 3. The molecule has 0 saturated carbocycles. The van der Waals surface area contributed by atoms with E-state index in [-0.39, 0.29) is 12.3 Å². The Kier molecular flexibility index (Phi) is 6.08. The Labute approximate surface area is 128 Å². The molecule has 1 heterocycles. The average Bonchev–Trinajstić information content (AvgIpc) is 2.51. The summed E-state index contributed by atoms with van der Waals surface area (Å²) in [5, 5.41) is 6.90. The molecule has 0 spiro atoms. The maximum absolute atomic E-state index is 13.0. The largest absolute Gasteiger partial charge is 0.408 e. The van der Waals surface area contributed by atoms with Gasteiger partial charge in [0.25, 0.3) is 0 Å². The van der Waals surface area contributed by atoms with Gasteiger partial charge in [-0.1, -0.05) is 20.8 Å². The van der Waals surface area contributed by atoms with Gasteiger partial charge in [-0.3, -0.25) is 4.79 Å². The molecular weight excluding hydrogens is 299 g/mol. The molecule has 1 fully saturated rings. The summed E-state index contributed by atoms with van der Waals surface area (Å²) in [7, 11) is 0. The second-order valence-corrected chi connectivity index (χ2v) is 6.82. The van der Waals surface area contributed by atoms with Gasteiger partial charge in [-0.15, -0.1) is 0 Å². The van der Waals surface area contributed by atoms with Gasteiger partial charge in [-0.25, -0.2) is 4.79 Å². The predicted molar refractivity (Wildman–Crippen MR) is 76.2 cm³/mol. The third-order valence-electron chi connectivity index (χ3n) is 3.36. The fourth-order valence-corrected chi connectivity index (χ4v) is 2.30. The molecule has 1 aliphatic heterocycles. The van der Waals surface area contributed by atoms with E-state index < -0.39 is 29.7 Å². The van der Waals surface area contributed by atoms with Crippen molar-refractivity contribution >= 4 is 11.9 Å². The van der Waals surface area contributed by atoms with E-state index in [1.807, 2.05) is 5.32 Å². The summed E-state index contributed by atoms with van der Waals surface area (Å²) < 4.78 is 39.0. The van der Waals surface area contributed by atoms with Crippen LogP contribution in [0, 0.1) is 5.41 Å². The first-order valence-electron chi connectivity index (χ1n) is 7.40. The highest BCUT2D eigenvalue weighted by Gasteiger charge is 2.43. The Balaban J connectivity index is 2.64. The van der Waals surface area contributed by atoms with Crippen LogP contribution < -0.4 is 16.0 Å². The van der Waals surface area contributed by atoms with Crippen LogP contribution in [0.25, 0.3) is 0 Å². The number of alkyl halides is 3. The van der Waals surface area contributed by atoms with Crippen molar-refractivity contribution in [2.24, 2.45) is 5.41 Å². The highest BCUT2D eigenvalue weighted by molar-refractivity contribution is 5.87. The number of carbonyl (C=O) groups is 2. The van der Waals surface area contributed by atoms with Crippen LogP contribution in [-0.2, 0) is 4.79 Å². The molecule has 0 aliphatic carbocycles. The van der Waals surface area contributed by atoms with E-state index in [2.05, 4.69) is 10.6 Å². The zero-order valence-corrected chi connectivity index (χ0v) is 13.1. The maximum Gasteiger partial charge on any atom is 0.408 e. The fraction of sp³-hybridized carbons (Fsp3) is 0.857. The van der Waals surface area contributed by atoms with Crippen LogP contribution >= 0.6 is 0 Å². The van der Waals surface area contributed by atoms with Crippen molar-refractivity contribution in [3.8, 4) is 0 Å². The molecule has 1 rings (SSSR count). The van der Waals surface area contributed by atoms with Crippen molar-refractivity contribution < 1.29 is 22.8 Å². The van der Waals surface area contributed by atoms with Gasteiger partial charge in [-0.05, 0) is 31.1 Å². The van der Waals surface area contributed by atoms with Crippen molar-refractivity contribution in [2.75, 3.05) is 6.54 Å². The minimum absolute atomic E-state index is 0.235. The Bertz CT molecular complexity index is 405. The van der Waals surface area contributed by atoms with Gasteiger partial charge in [-0.2, -0.15) is 13.2 Å². The predicted octanol–water partition coefficient (Wildman–Crippen LogP) is 2.32. The minimum Gasteiger partial charge on any atom is -0.354 e. The molecule has 2 atom stereocenters. The van der Waals surface area contributed by atoms with Crippen LogP contribution in [-0.4, -0.2) is 36.7 Å². The van der Waals surface area contributed by atoms with E-state index >= 15 is 0 Å². The Morgan fingerprint density at radius 2 is 1.95 bits per heavy atom. The quantitative estimate of drug-likeness (QED) is 0.746. The zero-order chi connectivity index (χ0) is 17.0. The van der Waals surface area contributed by atoms with E-state index in [0.29, 0.717) is 13.0 Å². The van der Waals surface area contributed by atoms with Gasteiger partial charge >= 0.3 is 12.2 Å². The molecule has 5 nitrogen and oxygen atoms in total. The van der Waals surface area contributed by atoms with E-state index in [1.54, 1.807) is 20.8 Å². The SMILES string of the molecule is CC(C)(C)C[C@H](NC(=O)N[C@@H]1CCCCNC1=O)C(F)(F)F. The van der Waals surface area contributed by atoms with Gasteiger partial charge in [0.05, 0.1) is 0 Å². The molecule has 3 amide bonds. The number of rotatable bonds is 3. The van der Waals surface area contributed by atoms with Gasteiger partial charge < -0.3 is 16.0 Å². The highest BCUT2D eigenvalue weighted by Crippen LogP contribution is 2.30. The summed E-state index contributed by atoms with van der Waals surface area (Å²) in [6, 6.07) is -3.69. The van der Waals surface area contributed by atoms with Crippen molar-refractivity contribution in [3.05, 3.63) is 0 Å². The van der Waals surface area contributed by atoms with Crippen LogP contribution in [0.4, 0.5) is 18.0 Å². The van der Waals surface area contributed by atoms with Gasteiger partial charge in [0.1, 0.15) is 12.1 Å². The second-order valence-electron chi connectivity index (χ2n) is 6.82. The van der Waals surface area contributed by atoms with Crippen LogP contribution in [0.1, 0.15) is 46.5 Å². The molecule has 0 aromatic carbocycles. The Morgan fingerprint density at radius 3 is 2.50 bits per heavy atom. The molecule has 22 heavy (non-hydrogen) atoms. The van der Waals surface area contributed by atoms with Gasteiger partial charge in [0, 0.05) is 6.54 Å². The molecule has 0 aromatic heterocycles. The monoisotopic (exact) mass is 323 g/mol. The van der Waals surface area contributed by atoms with Crippen LogP contribution in [0.5, 0.6) is 0 Å². The summed E-state index contributed by atoms with van der Waals surface area (Å²) >= 11 is 0. The molecule has 1 saturated heterocycles. The lowest BCUT2D eigenvalue weighted by atomic mass is 9.88. The topological polar surface area (TPSA) is 70.2 Å². The molecule has 3 N–H and O–H groups in total. The average molecular weight is 323 g/mol. The molecule has 8 heteroatoms. The fourth-order valence-electron chi connectivity index (χ4n) is 2.30. The number of urea groups is 1. The second kappa shape index (κ2) is 7.19. The normalized spacial score (nSPS) is 21.5. The molecular formula is C14H24F3N3O2. The first kappa shape index (κ1) is 18.6. The molecule has 0 bridgehead atoms. The maximum atomic E-state index is 13.0. The number of halogens is 3. The standard InChI is InChI=1S/C14H24F3N3O2/c1-13(2,3)8-10(14(15,16)17)20-12(22)19-9-6-4-5-7-18-11(9)21/h9-10H,4-8H2,1-3H3,(H,18,21)(H2,19,20,22)/t9-,10+/m1/s1. The summed E-state index contributed by atoms with van der Waals surface area (Å²) in [6.07, 6.45) is -2.82. The minimum atomic E-state index is -4.53. The van der Waals surface area contributed by atoms with E-state index in [9.17, 15) is 22.8 Å². The van der Waals surface area contributed by atoms with Crippen molar-refractivity contribution in [2.45, 2.75) is 64.7 Å². The van der Waals surface area contributed by atoms with Crippen LogP contribution in [0.3, 0.4) is 0 Å². The van der Waals surface area contributed by atoms with Gasteiger partial charge in [0.2, 0.25) is 5.91 Å². The third-order valence-corrected chi connectivity index (χ3v) is 3.36. The molecule has 0 radical (unpaired) electrons. The molecule has 128 valence electrons. The van der Waals surface area contributed by atoms with E-state index in [0.717, 1.165) is 12.8 Å². The number of nitrogens with one attached hydrogen (secondary N) is 3. The van der Waals surface area contributed by atoms with E-state index in [4.69, 9.17) is 0 Å². The molecule has 0 aromatic rings. The van der Waals surface area contributed by atoms with Crippen LogP contribution in [0.2, 0.25) is 0 Å². The summed E-state index contributed by atoms with van der Waals surface area (Å²) in [5.41, 5.74) is -0.590. The Hall–Kier alpha value is -1.47. The van der Waals surface area contributed by atoms with Crippen molar-refractivity contribution in [1.82, 2.24) is 16.0 Å².